The molecule has 38 heavy (non-hydrogen) atoms. The summed E-state index contributed by atoms with van der Waals surface area (Å²) in [6, 6.07) is 23.7. The molecule has 0 aliphatic carbocycles. The highest BCUT2D eigenvalue weighted by molar-refractivity contribution is 7.80. The van der Waals surface area contributed by atoms with Gasteiger partial charge in [0.25, 0.3) is 0 Å². The minimum atomic E-state index is -0.00597. The fourth-order valence-electron chi connectivity index (χ4n) is 6.14. The summed E-state index contributed by atoms with van der Waals surface area (Å²) in [5.74, 6) is 0. The highest BCUT2D eigenvalue weighted by atomic mass is 32.1. The minimum Gasteiger partial charge on any atom is -0.379 e. The molecule has 0 bridgehead atoms. The lowest BCUT2D eigenvalue weighted by Crippen LogP contribution is -2.39. The molecule has 2 atom stereocenters. The van der Waals surface area contributed by atoms with E-state index < -0.39 is 0 Å². The van der Waals surface area contributed by atoms with Crippen molar-refractivity contribution in [3.8, 4) is 5.69 Å². The third kappa shape index (κ3) is 4.70. The molecular weight excluding hydrogens is 490 g/mol. The number of hydrogen-bond donors (Lipinski definition) is 1. The van der Waals surface area contributed by atoms with Crippen LogP contribution >= 0.6 is 12.2 Å². The van der Waals surface area contributed by atoms with Crippen LogP contribution in [0.4, 0.5) is 0 Å². The van der Waals surface area contributed by atoms with Crippen LogP contribution in [0.1, 0.15) is 41.1 Å². The first kappa shape index (κ1) is 25.0. The SMILES string of the molecule is Cc1cc([C@H]2[C@@H](c3ccccn3)NC(=S)N2CCCN2CCOCC2)c(C)n1-c1cccc2ccccc12. The maximum atomic E-state index is 5.95. The van der Waals surface area contributed by atoms with Crippen LogP contribution < -0.4 is 5.32 Å². The molecule has 196 valence electrons. The third-order valence-corrected chi connectivity index (χ3v) is 8.32. The molecule has 2 aliphatic rings. The Morgan fingerprint density at radius 1 is 0.974 bits per heavy atom. The van der Waals surface area contributed by atoms with Crippen molar-refractivity contribution in [1.82, 2.24) is 24.7 Å². The normalized spacial score (nSPS) is 20.3. The average Bonchev–Trinajstić information content (AvgIpc) is 3.43. The highest BCUT2D eigenvalue weighted by Gasteiger charge is 2.41. The van der Waals surface area contributed by atoms with Crippen LogP contribution in [-0.2, 0) is 4.74 Å². The second-order valence-corrected chi connectivity index (χ2v) is 10.7. The summed E-state index contributed by atoms with van der Waals surface area (Å²) in [4.78, 5) is 9.63. The van der Waals surface area contributed by atoms with E-state index in [-0.39, 0.29) is 12.1 Å². The van der Waals surface area contributed by atoms with Crippen LogP contribution in [0.3, 0.4) is 0 Å². The lowest BCUT2D eigenvalue weighted by Gasteiger charge is -2.30. The van der Waals surface area contributed by atoms with E-state index >= 15 is 0 Å². The maximum absolute atomic E-state index is 5.95. The first-order chi connectivity index (χ1) is 18.6. The predicted molar refractivity (Wildman–Crippen MR) is 157 cm³/mol. The molecule has 0 radical (unpaired) electrons. The summed E-state index contributed by atoms with van der Waals surface area (Å²) >= 11 is 5.95. The Morgan fingerprint density at radius 2 is 1.76 bits per heavy atom. The molecular formula is C31H35N5OS. The number of nitrogens with one attached hydrogen (secondary N) is 1. The Hall–Kier alpha value is -3.26. The number of ether oxygens (including phenoxy) is 1. The van der Waals surface area contributed by atoms with E-state index in [2.05, 4.69) is 94.2 Å². The lowest BCUT2D eigenvalue weighted by atomic mass is 9.96. The van der Waals surface area contributed by atoms with Gasteiger partial charge in [-0.25, -0.2) is 0 Å². The zero-order valence-electron chi connectivity index (χ0n) is 22.1. The number of thiocarbonyl (C=S) groups is 1. The molecule has 2 fully saturated rings. The Kier molecular flexibility index (Phi) is 7.15. The van der Waals surface area contributed by atoms with Gasteiger partial charge in [-0.2, -0.15) is 0 Å². The summed E-state index contributed by atoms with van der Waals surface area (Å²) in [7, 11) is 0. The van der Waals surface area contributed by atoms with Crippen molar-refractivity contribution in [2.24, 2.45) is 0 Å². The van der Waals surface area contributed by atoms with Gasteiger partial charge in [-0.1, -0.05) is 42.5 Å². The fraction of sp³-hybridized carbons (Fsp3) is 0.355. The summed E-state index contributed by atoms with van der Waals surface area (Å²) in [5, 5.41) is 6.95. The van der Waals surface area contributed by atoms with Gasteiger partial charge in [-0.15, -0.1) is 0 Å². The van der Waals surface area contributed by atoms with Crippen LogP contribution in [0.2, 0.25) is 0 Å². The van der Waals surface area contributed by atoms with Gasteiger partial charge in [0.1, 0.15) is 0 Å². The molecule has 2 aliphatic heterocycles. The van der Waals surface area contributed by atoms with E-state index in [0.717, 1.165) is 56.6 Å². The smallest absolute Gasteiger partial charge is 0.170 e. The van der Waals surface area contributed by atoms with Crippen molar-refractivity contribution in [1.29, 1.82) is 0 Å². The first-order valence-corrected chi connectivity index (χ1v) is 14.0. The van der Waals surface area contributed by atoms with Gasteiger partial charge in [0.2, 0.25) is 0 Å². The van der Waals surface area contributed by atoms with Crippen molar-refractivity contribution < 1.29 is 4.74 Å². The Morgan fingerprint density at radius 3 is 2.58 bits per heavy atom. The highest BCUT2D eigenvalue weighted by Crippen LogP contribution is 2.42. The molecule has 2 aromatic carbocycles. The van der Waals surface area contributed by atoms with Crippen molar-refractivity contribution in [3.05, 3.63) is 95.6 Å². The van der Waals surface area contributed by atoms with E-state index in [9.17, 15) is 0 Å². The van der Waals surface area contributed by atoms with Gasteiger partial charge in [0.15, 0.2) is 5.11 Å². The van der Waals surface area contributed by atoms with Crippen LogP contribution in [0.25, 0.3) is 16.5 Å². The average molecular weight is 526 g/mol. The zero-order chi connectivity index (χ0) is 26.1. The van der Waals surface area contributed by atoms with Crippen LogP contribution in [0.15, 0.2) is 72.9 Å². The van der Waals surface area contributed by atoms with Crippen molar-refractivity contribution >= 4 is 28.1 Å². The largest absolute Gasteiger partial charge is 0.379 e. The molecule has 2 aromatic heterocycles. The van der Waals surface area contributed by atoms with Gasteiger partial charge in [-0.3, -0.25) is 9.88 Å². The number of morpholine rings is 1. The second-order valence-electron chi connectivity index (χ2n) is 10.3. The molecule has 0 amide bonds. The monoisotopic (exact) mass is 525 g/mol. The summed E-state index contributed by atoms with van der Waals surface area (Å²) in [6.45, 7) is 10.1. The molecule has 0 spiro atoms. The van der Waals surface area contributed by atoms with Gasteiger partial charge in [0, 0.05) is 49.1 Å². The molecule has 2 saturated heterocycles. The van der Waals surface area contributed by atoms with E-state index in [1.165, 1.54) is 33.4 Å². The van der Waals surface area contributed by atoms with Gasteiger partial charge < -0.3 is 19.5 Å². The van der Waals surface area contributed by atoms with Crippen molar-refractivity contribution in [2.75, 3.05) is 39.4 Å². The van der Waals surface area contributed by atoms with Crippen molar-refractivity contribution in [2.45, 2.75) is 32.4 Å². The van der Waals surface area contributed by atoms with Gasteiger partial charge in [-0.05, 0) is 67.7 Å². The maximum Gasteiger partial charge on any atom is 0.170 e. The van der Waals surface area contributed by atoms with Crippen molar-refractivity contribution in [3.63, 3.8) is 0 Å². The second kappa shape index (κ2) is 10.8. The number of pyridine rings is 1. The van der Waals surface area contributed by atoms with Crippen LogP contribution in [0, 0.1) is 13.8 Å². The molecule has 0 unspecified atom stereocenters. The van der Waals surface area contributed by atoms with E-state index in [1.54, 1.807) is 0 Å². The lowest BCUT2D eigenvalue weighted by molar-refractivity contribution is 0.0365. The van der Waals surface area contributed by atoms with E-state index in [1.807, 2.05) is 12.3 Å². The van der Waals surface area contributed by atoms with Gasteiger partial charge >= 0.3 is 0 Å². The summed E-state index contributed by atoms with van der Waals surface area (Å²) < 4.78 is 7.94. The number of benzene rings is 2. The third-order valence-electron chi connectivity index (χ3n) is 7.97. The van der Waals surface area contributed by atoms with Gasteiger partial charge in [0.05, 0.1) is 36.7 Å². The summed E-state index contributed by atoms with van der Waals surface area (Å²) in [6.07, 6.45) is 2.92. The number of rotatable bonds is 7. The fourth-order valence-corrected chi connectivity index (χ4v) is 6.47. The number of aryl methyl sites for hydroxylation is 1. The number of fused-ring (bicyclic) bond motifs is 1. The quantitative estimate of drug-likeness (QED) is 0.329. The Labute approximate surface area is 230 Å². The molecule has 0 saturated carbocycles. The van der Waals surface area contributed by atoms with Crippen LogP contribution in [0.5, 0.6) is 0 Å². The number of nitrogens with zero attached hydrogens (tertiary/aromatic N) is 4. The van der Waals surface area contributed by atoms with Crippen LogP contribution in [-0.4, -0.2) is 63.9 Å². The molecule has 4 aromatic rings. The molecule has 7 heteroatoms. The minimum absolute atomic E-state index is 0.00597. The topological polar surface area (TPSA) is 45.6 Å². The zero-order valence-corrected chi connectivity index (χ0v) is 23.0. The standard InChI is InChI=1S/C31H35N5OS/c1-22-21-26(23(2)36(22)28-13-7-10-24-9-3-4-11-25(24)28)30-29(27-12-5-6-14-32-27)33-31(38)35(30)16-8-15-34-17-19-37-20-18-34/h3-7,9-14,21,29-30H,8,15-20H2,1-2H3,(H,33,38)/t29-,30+/m1/s1. The Bertz CT molecular complexity index is 1420. The molecule has 6 rings (SSSR count). The van der Waals surface area contributed by atoms with E-state index in [0.29, 0.717) is 0 Å². The molecule has 6 nitrogen and oxygen atoms in total. The molecule has 4 heterocycles. The number of hydrogen-bond acceptors (Lipinski definition) is 4. The van der Waals surface area contributed by atoms with E-state index in [4.69, 9.17) is 21.9 Å². The molecule has 1 N–H and O–H groups in total. The Balaban J connectivity index is 1.37. The number of aromatic nitrogens is 2. The first-order valence-electron chi connectivity index (χ1n) is 13.6. The predicted octanol–water partition coefficient (Wildman–Crippen LogP) is 5.34. The summed E-state index contributed by atoms with van der Waals surface area (Å²) in [5.41, 5.74) is 6.00.